The SMILES string of the molecule is Cc1cccc(C(O)c2ccc3c(c2)CN(C(=O)C(C)C)C3)c1. The van der Waals surface area contributed by atoms with Gasteiger partial charge in [-0.2, -0.15) is 0 Å². The van der Waals surface area contributed by atoms with E-state index in [1.54, 1.807) is 0 Å². The third kappa shape index (κ3) is 3.15. The lowest BCUT2D eigenvalue weighted by molar-refractivity contribution is -0.135. The molecule has 0 radical (unpaired) electrons. The molecule has 0 bridgehead atoms. The number of hydrogen-bond donors (Lipinski definition) is 1. The fourth-order valence-electron chi connectivity index (χ4n) is 3.14. The Kier molecular flexibility index (Phi) is 4.22. The van der Waals surface area contributed by atoms with Crippen molar-refractivity contribution in [3.63, 3.8) is 0 Å². The third-order valence-corrected chi connectivity index (χ3v) is 4.43. The van der Waals surface area contributed by atoms with Crippen LogP contribution in [0.25, 0.3) is 0 Å². The Morgan fingerprint density at radius 3 is 2.43 bits per heavy atom. The number of carbonyl (C=O) groups excluding carboxylic acids is 1. The van der Waals surface area contributed by atoms with Crippen LogP contribution in [0.1, 0.15) is 47.8 Å². The fourth-order valence-corrected chi connectivity index (χ4v) is 3.14. The first-order valence-corrected chi connectivity index (χ1v) is 8.11. The molecule has 23 heavy (non-hydrogen) atoms. The zero-order chi connectivity index (χ0) is 16.6. The largest absolute Gasteiger partial charge is 0.384 e. The molecule has 2 aromatic rings. The number of aliphatic hydroxyl groups excluding tert-OH is 1. The lowest BCUT2D eigenvalue weighted by Gasteiger charge is -2.17. The molecule has 1 aliphatic rings. The minimum absolute atomic E-state index is 0.0154. The zero-order valence-corrected chi connectivity index (χ0v) is 13.9. The number of benzene rings is 2. The highest BCUT2D eigenvalue weighted by Crippen LogP contribution is 2.29. The van der Waals surface area contributed by atoms with E-state index in [2.05, 4.69) is 0 Å². The number of rotatable bonds is 3. The molecule has 1 heterocycles. The molecular formula is C20H23NO2. The smallest absolute Gasteiger partial charge is 0.225 e. The quantitative estimate of drug-likeness (QED) is 0.941. The number of nitrogens with zero attached hydrogens (tertiary/aromatic N) is 1. The van der Waals surface area contributed by atoms with Crippen molar-refractivity contribution in [2.24, 2.45) is 5.92 Å². The van der Waals surface area contributed by atoms with Gasteiger partial charge in [0.15, 0.2) is 0 Å². The van der Waals surface area contributed by atoms with Crippen LogP contribution >= 0.6 is 0 Å². The molecule has 0 fully saturated rings. The van der Waals surface area contributed by atoms with E-state index in [0.717, 1.165) is 22.3 Å². The summed E-state index contributed by atoms with van der Waals surface area (Å²) < 4.78 is 0. The monoisotopic (exact) mass is 309 g/mol. The molecule has 0 spiro atoms. The van der Waals surface area contributed by atoms with Crippen molar-refractivity contribution in [2.45, 2.75) is 40.0 Å². The highest BCUT2D eigenvalue weighted by atomic mass is 16.3. The van der Waals surface area contributed by atoms with Crippen LogP contribution < -0.4 is 0 Å². The van der Waals surface area contributed by atoms with Gasteiger partial charge in [-0.25, -0.2) is 0 Å². The summed E-state index contributed by atoms with van der Waals surface area (Å²) in [7, 11) is 0. The molecule has 0 aromatic heterocycles. The van der Waals surface area contributed by atoms with E-state index < -0.39 is 6.10 Å². The average Bonchev–Trinajstić information content (AvgIpc) is 2.96. The topological polar surface area (TPSA) is 40.5 Å². The van der Waals surface area contributed by atoms with Gasteiger partial charge in [-0.15, -0.1) is 0 Å². The lowest BCUT2D eigenvalue weighted by Crippen LogP contribution is -2.29. The molecule has 1 N–H and O–H groups in total. The Hall–Kier alpha value is -2.13. The van der Waals surface area contributed by atoms with E-state index >= 15 is 0 Å². The molecule has 1 aliphatic heterocycles. The van der Waals surface area contributed by atoms with Gasteiger partial charge in [0.1, 0.15) is 6.10 Å². The van der Waals surface area contributed by atoms with E-state index in [1.165, 1.54) is 5.56 Å². The fraction of sp³-hybridized carbons (Fsp3) is 0.350. The van der Waals surface area contributed by atoms with Crippen molar-refractivity contribution in [1.29, 1.82) is 0 Å². The molecule has 3 heteroatoms. The van der Waals surface area contributed by atoms with Crippen LogP contribution in [-0.2, 0) is 17.9 Å². The Balaban J connectivity index is 1.83. The van der Waals surface area contributed by atoms with E-state index in [0.29, 0.717) is 13.1 Å². The van der Waals surface area contributed by atoms with Crippen molar-refractivity contribution in [3.05, 3.63) is 70.3 Å². The average molecular weight is 309 g/mol. The molecule has 120 valence electrons. The number of amides is 1. The number of fused-ring (bicyclic) bond motifs is 1. The highest BCUT2D eigenvalue weighted by molar-refractivity contribution is 5.78. The van der Waals surface area contributed by atoms with Gasteiger partial charge in [0.05, 0.1) is 0 Å². The number of carbonyl (C=O) groups is 1. The van der Waals surface area contributed by atoms with Crippen LogP contribution in [0.3, 0.4) is 0 Å². The predicted molar refractivity (Wildman–Crippen MR) is 90.8 cm³/mol. The third-order valence-electron chi connectivity index (χ3n) is 4.43. The number of aryl methyl sites for hydroxylation is 1. The molecule has 2 aromatic carbocycles. The molecule has 1 atom stereocenters. The van der Waals surface area contributed by atoms with E-state index in [4.69, 9.17) is 0 Å². The molecule has 1 amide bonds. The molecule has 0 saturated carbocycles. The van der Waals surface area contributed by atoms with Crippen molar-refractivity contribution >= 4 is 5.91 Å². The van der Waals surface area contributed by atoms with E-state index in [1.807, 2.05) is 68.1 Å². The van der Waals surface area contributed by atoms with Gasteiger partial charge in [0, 0.05) is 19.0 Å². The van der Waals surface area contributed by atoms with Gasteiger partial charge in [0.25, 0.3) is 0 Å². The molecule has 0 aliphatic carbocycles. The minimum atomic E-state index is -0.630. The van der Waals surface area contributed by atoms with Gasteiger partial charge in [-0.3, -0.25) is 4.79 Å². The lowest BCUT2D eigenvalue weighted by atomic mass is 9.97. The van der Waals surface area contributed by atoms with E-state index in [-0.39, 0.29) is 11.8 Å². The first-order chi connectivity index (χ1) is 11.0. The van der Waals surface area contributed by atoms with Crippen LogP contribution in [0, 0.1) is 12.8 Å². The van der Waals surface area contributed by atoms with Crippen LogP contribution in [-0.4, -0.2) is 15.9 Å². The molecule has 0 saturated heterocycles. The standard InChI is InChI=1S/C20H23NO2/c1-13(2)20(23)21-11-17-8-7-16(10-18(17)12-21)19(22)15-6-4-5-14(3)9-15/h4-10,13,19,22H,11-12H2,1-3H3. The summed E-state index contributed by atoms with van der Waals surface area (Å²) >= 11 is 0. The minimum Gasteiger partial charge on any atom is -0.384 e. The Morgan fingerprint density at radius 2 is 1.74 bits per heavy atom. The van der Waals surface area contributed by atoms with E-state index in [9.17, 15) is 9.90 Å². The van der Waals surface area contributed by atoms with Crippen molar-refractivity contribution in [3.8, 4) is 0 Å². The van der Waals surface area contributed by atoms with Gasteiger partial charge in [0.2, 0.25) is 5.91 Å². The van der Waals surface area contributed by atoms with Crippen molar-refractivity contribution in [2.75, 3.05) is 0 Å². The van der Waals surface area contributed by atoms with Crippen LogP contribution in [0.5, 0.6) is 0 Å². The Labute approximate surface area is 137 Å². The van der Waals surface area contributed by atoms with Gasteiger partial charge >= 0.3 is 0 Å². The molecule has 3 rings (SSSR count). The summed E-state index contributed by atoms with van der Waals surface area (Å²) in [6, 6.07) is 14.0. The van der Waals surface area contributed by atoms with Gasteiger partial charge in [-0.05, 0) is 29.2 Å². The first kappa shape index (κ1) is 15.8. The molecule has 1 unspecified atom stereocenters. The highest BCUT2D eigenvalue weighted by Gasteiger charge is 2.25. The maximum atomic E-state index is 12.2. The van der Waals surface area contributed by atoms with Gasteiger partial charge in [-0.1, -0.05) is 61.9 Å². The van der Waals surface area contributed by atoms with Crippen molar-refractivity contribution < 1.29 is 9.90 Å². The van der Waals surface area contributed by atoms with Crippen molar-refractivity contribution in [1.82, 2.24) is 4.90 Å². The predicted octanol–water partition coefficient (Wildman–Crippen LogP) is 3.57. The summed E-state index contributed by atoms with van der Waals surface area (Å²) in [6.45, 7) is 7.19. The number of aliphatic hydroxyl groups is 1. The summed E-state index contributed by atoms with van der Waals surface area (Å²) in [6.07, 6.45) is -0.630. The maximum Gasteiger partial charge on any atom is 0.225 e. The summed E-state index contributed by atoms with van der Waals surface area (Å²) in [5.74, 6) is 0.198. The Morgan fingerprint density at radius 1 is 1.04 bits per heavy atom. The normalized spacial score (nSPS) is 14.9. The summed E-state index contributed by atoms with van der Waals surface area (Å²) in [4.78, 5) is 14.1. The summed E-state index contributed by atoms with van der Waals surface area (Å²) in [5.41, 5.74) is 5.24. The van der Waals surface area contributed by atoms with Gasteiger partial charge < -0.3 is 10.0 Å². The number of hydrogen-bond acceptors (Lipinski definition) is 2. The zero-order valence-electron chi connectivity index (χ0n) is 13.9. The first-order valence-electron chi connectivity index (χ1n) is 8.11. The molecule has 3 nitrogen and oxygen atoms in total. The maximum absolute atomic E-state index is 12.2. The second-order valence-electron chi connectivity index (χ2n) is 6.69. The molecular weight excluding hydrogens is 286 g/mol. The Bertz CT molecular complexity index is 736. The van der Waals surface area contributed by atoms with Crippen LogP contribution in [0.4, 0.5) is 0 Å². The van der Waals surface area contributed by atoms with Crippen LogP contribution in [0.15, 0.2) is 42.5 Å². The summed E-state index contributed by atoms with van der Waals surface area (Å²) in [5, 5.41) is 10.6. The second kappa shape index (κ2) is 6.17. The van der Waals surface area contributed by atoms with Crippen LogP contribution in [0.2, 0.25) is 0 Å². The second-order valence-corrected chi connectivity index (χ2v) is 6.69.